The first-order chi connectivity index (χ1) is 11.1. The molecule has 1 N–H and O–H groups in total. The molecule has 128 valence electrons. The summed E-state index contributed by atoms with van der Waals surface area (Å²) in [4.78, 5) is 26.2. The van der Waals surface area contributed by atoms with Gasteiger partial charge in [-0.3, -0.25) is 9.59 Å². The fourth-order valence-electron chi connectivity index (χ4n) is 2.67. The van der Waals surface area contributed by atoms with Crippen LogP contribution in [-0.4, -0.2) is 36.3 Å². The van der Waals surface area contributed by atoms with E-state index in [1.165, 1.54) is 5.56 Å². The van der Waals surface area contributed by atoms with E-state index in [2.05, 4.69) is 12.2 Å². The maximum absolute atomic E-state index is 12.5. The molecular weight excluding hydrogens is 288 g/mol. The molecule has 1 atom stereocenters. The summed E-state index contributed by atoms with van der Waals surface area (Å²) >= 11 is 0. The third-order valence-corrected chi connectivity index (χ3v) is 4.09. The second-order valence-corrected chi connectivity index (χ2v) is 5.83. The first kappa shape index (κ1) is 19.2. The van der Waals surface area contributed by atoms with Crippen LogP contribution >= 0.6 is 0 Å². The van der Waals surface area contributed by atoms with E-state index >= 15 is 0 Å². The van der Waals surface area contributed by atoms with Crippen molar-refractivity contribution in [2.24, 2.45) is 5.92 Å². The van der Waals surface area contributed by atoms with E-state index in [1.54, 1.807) is 4.90 Å². The van der Waals surface area contributed by atoms with Crippen LogP contribution in [0.15, 0.2) is 30.3 Å². The summed E-state index contributed by atoms with van der Waals surface area (Å²) in [7, 11) is 0. The van der Waals surface area contributed by atoms with Crippen LogP contribution in [0.25, 0.3) is 0 Å². The van der Waals surface area contributed by atoms with E-state index in [9.17, 15) is 9.59 Å². The van der Waals surface area contributed by atoms with Crippen LogP contribution in [0, 0.1) is 5.92 Å². The van der Waals surface area contributed by atoms with Gasteiger partial charge in [-0.15, -0.1) is 0 Å². The van der Waals surface area contributed by atoms with Gasteiger partial charge in [-0.2, -0.15) is 0 Å². The van der Waals surface area contributed by atoms with E-state index in [1.807, 2.05) is 44.2 Å². The Balaban J connectivity index is 2.41. The Morgan fingerprint density at radius 2 is 1.83 bits per heavy atom. The van der Waals surface area contributed by atoms with Crippen LogP contribution in [0.1, 0.15) is 45.6 Å². The first-order valence-electron chi connectivity index (χ1n) is 8.71. The number of carbonyl (C=O) groups excluding carboxylic acids is 2. The molecule has 1 aromatic rings. The van der Waals surface area contributed by atoms with Gasteiger partial charge in [0.2, 0.25) is 11.8 Å². The van der Waals surface area contributed by atoms with Crippen molar-refractivity contribution in [1.29, 1.82) is 0 Å². The van der Waals surface area contributed by atoms with Gasteiger partial charge < -0.3 is 10.2 Å². The van der Waals surface area contributed by atoms with Gasteiger partial charge in [0.1, 0.15) is 0 Å². The van der Waals surface area contributed by atoms with Gasteiger partial charge in [0.15, 0.2) is 0 Å². The molecular formula is C19H30N2O2. The second-order valence-electron chi connectivity index (χ2n) is 5.83. The molecule has 4 heteroatoms. The highest BCUT2D eigenvalue weighted by Crippen LogP contribution is 2.14. The molecule has 0 aliphatic carbocycles. The highest BCUT2D eigenvalue weighted by molar-refractivity contribution is 5.85. The normalized spacial score (nSPS) is 11.8. The molecule has 0 aliphatic heterocycles. The summed E-state index contributed by atoms with van der Waals surface area (Å²) in [6, 6.07) is 10.1. The van der Waals surface area contributed by atoms with Gasteiger partial charge in [-0.05, 0) is 31.7 Å². The Morgan fingerprint density at radius 3 is 2.39 bits per heavy atom. The van der Waals surface area contributed by atoms with E-state index in [0.717, 1.165) is 25.7 Å². The molecule has 0 fully saturated rings. The first-order valence-corrected chi connectivity index (χ1v) is 8.71. The molecule has 1 unspecified atom stereocenters. The standard InChI is InChI=1S/C19H30N2O2/c1-4-10-17(5-2)19(23)21(6-3)15-18(22)20-14-13-16-11-8-7-9-12-16/h7-9,11-12,17H,4-6,10,13-15H2,1-3H3,(H,20,22). The van der Waals surface area contributed by atoms with Crippen molar-refractivity contribution < 1.29 is 9.59 Å². The SMILES string of the molecule is CCCC(CC)C(=O)N(CC)CC(=O)NCCc1ccccc1. The lowest BCUT2D eigenvalue weighted by atomic mass is 9.99. The molecule has 1 rings (SSSR count). The van der Waals surface area contributed by atoms with E-state index < -0.39 is 0 Å². The van der Waals surface area contributed by atoms with Crippen LogP contribution in [0.4, 0.5) is 0 Å². The van der Waals surface area contributed by atoms with Crippen molar-refractivity contribution in [2.45, 2.75) is 46.5 Å². The van der Waals surface area contributed by atoms with Gasteiger partial charge in [0.25, 0.3) is 0 Å². The second kappa shape index (κ2) is 10.8. The molecule has 0 bridgehead atoms. The summed E-state index contributed by atoms with van der Waals surface area (Å²) < 4.78 is 0. The Kier molecular flexibility index (Phi) is 9.03. The zero-order valence-corrected chi connectivity index (χ0v) is 14.7. The number of benzene rings is 1. The minimum Gasteiger partial charge on any atom is -0.354 e. The van der Waals surface area contributed by atoms with Crippen molar-refractivity contribution in [3.05, 3.63) is 35.9 Å². The van der Waals surface area contributed by atoms with Crippen molar-refractivity contribution in [3.8, 4) is 0 Å². The monoisotopic (exact) mass is 318 g/mol. The van der Waals surface area contributed by atoms with Crippen molar-refractivity contribution in [1.82, 2.24) is 10.2 Å². The molecule has 0 radical (unpaired) electrons. The average Bonchev–Trinajstić information content (AvgIpc) is 2.58. The van der Waals surface area contributed by atoms with Crippen LogP contribution in [0.2, 0.25) is 0 Å². The highest BCUT2D eigenvalue weighted by Gasteiger charge is 2.22. The number of hydrogen-bond donors (Lipinski definition) is 1. The maximum Gasteiger partial charge on any atom is 0.239 e. The summed E-state index contributed by atoms with van der Waals surface area (Å²) in [5.41, 5.74) is 1.20. The topological polar surface area (TPSA) is 49.4 Å². The van der Waals surface area contributed by atoms with Gasteiger partial charge in [0.05, 0.1) is 6.54 Å². The fraction of sp³-hybridized carbons (Fsp3) is 0.579. The summed E-state index contributed by atoms with van der Waals surface area (Å²) in [5.74, 6) is 0.0645. The zero-order valence-electron chi connectivity index (χ0n) is 14.7. The lowest BCUT2D eigenvalue weighted by Gasteiger charge is -2.25. The lowest BCUT2D eigenvalue weighted by molar-refractivity contribution is -0.139. The van der Waals surface area contributed by atoms with E-state index in [-0.39, 0.29) is 24.3 Å². The van der Waals surface area contributed by atoms with Gasteiger partial charge in [0, 0.05) is 19.0 Å². The number of carbonyl (C=O) groups is 2. The molecule has 0 saturated heterocycles. The minimum absolute atomic E-state index is 0.0390. The Bertz CT molecular complexity index is 474. The lowest BCUT2D eigenvalue weighted by Crippen LogP contribution is -2.43. The number of hydrogen-bond acceptors (Lipinski definition) is 2. The largest absolute Gasteiger partial charge is 0.354 e. The fourth-order valence-corrected chi connectivity index (χ4v) is 2.67. The smallest absolute Gasteiger partial charge is 0.239 e. The predicted molar refractivity (Wildman–Crippen MR) is 94.1 cm³/mol. The van der Waals surface area contributed by atoms with E-state index in [0.29, 0.717) is 13.1 Å². The van der Waals surface area contributed by atoms with Crippen LogP contribution in [0.5, 0.6) is 0 Å². The Hall–Kier alpha value is -1.84. The van der Waals surface area contributed by atoms with Gasteiger partial charge in [-0.1, -0.05) is 50.6 Å². The Labute approximate surface area is 140 Å². The zero-order chi connectivity index (χ0) is 17.1. The number of rotatable bonds is 10. The molecule has 2 amide bonds. The third kappa shape index (κ3) is 6.85. The number of likely N-dealkylation sites (N-methyl/N-ethyl adjacent to an activating group) is 1. The van der Waals surface area contributed by atoms with Gasteiger partial charge in [-0.25, -0.2) is 0 Å². The van der Waals surface area contributed by atoms with Crippen molar-refractivity contribution >= 4 is 11.8 Å². The molecule has 1 aromatic carbocycles. The van der Waals surface area contributed by atoms with Crippen LogP contribution in [-0.2, 0) is 16.0 Å². The number of amides is 2. The Morgan fingerprint density at radius 1 is 1.13 bits per heavy atom. The number of nitrogens with zero attached hydrogens (tertiary/aromatic N) is 1. The molecule has 4 nitrogen and oxygen atoms in total. The molecule has 0 spiro atoms. The predicted octanol–water partition coefficient (Wildman–Crippen LogP) is 3.02. The molecule has 0 heterocycles. The quantitative estimate of drug-likeness (QED) is 0.721. The van der Waals surface area contributed by atoms with Crippen LogP contribution < -0.4 is 5.32 Å². The highest BCUT2D eigenvalue weighted by atomic mass is 16.2. The molecule has 0 saturated carbocycles. The maximum atomic E-state index is 12.5. The van der Waals surface area contributed by atoms with Crippen molar-refractivity contribution in [2.75, 3.05) is 19.6 Å². The van der Waals surface area contributed by atoms with Crippen LogP contribution in [0.3, 0.4) is 0 Å². The molecule has 0 aromatic heterocycles. The summed E-state index contributed by atoms with van der Waals surface area (Å²) in [6.07, 6.45) is 3.52. The summed E-state index contributed by atoms with van der Waals surface area (Å²) in [5, 5.41) is 2.91. The summed E-state index contributed by atoms with van der Waals surface area (Å²) in [6.45, 7) is 7.37. The van der Waals surface area contributed by atoms with Gasteiger partial charge >= 0.3 is 0 Å². The minimum atomic E-state index is -0.0810. The number of nitrogens with one attached hydrogen (secondary N) is 1. The van der Waals surface area contributed by atoms with Crippen molar-refractivity contribution in [3.63, 3.8) is 0 Å². The molecule has 0 aliphatic rings. The average molecular weight is 318 g/mol. The third-order valence-electron chi connectivity index (χ3n) is 4.09. The molecule has 23 heavy (non-hydrogen) atoms. The van der Waals surface area contributed by atoms with E-state index in [4.69, 9.17) is 0 Å².